The number of nitrogens with zero attached hydrogens (tertiary/aromatic N) is 2. The summed E-state index contributed by atoms with van der Waals surface area (Å²) in [5, 5.41) is 0.396. The van der Waals surface area contributed by atoms with E-state index in [1.807, 2.05) is 32.6 Å². The minimum absolute atomic E-state index is 0.0751. The van der Waals surface area contributed by atoms with Crippen molar-refractivity contribution in [1.82, 2.24) is 4.90 Å². The summed E-state index contributed by atoms with van der Waals surface area (Å²) >= 11 is 6.39. The Hall–Kier alpha value is -3.06. The molecule has 8 heteroatoms. The van der Waals surface area contributed by atoms with Gasteiger partial charge in [0.1, 0.15) is 17.3 Å². The van der Waals surface area contributed by atoms with Crippen molar-refractivity contribution in [3.63, 3.8) is 0 Å². The van der Waals surface area contributed by atoms with Crippen molar-refractivity contribution in [2.45, 2.75) is 66.0 Å². The fraction of sp³-hybridized carbons (Fsp3) is 0.444. The number of amides is 2. The largest absolute Gasteiger partial charge is 0.494 e. The Morgan fingerprint density at radius 1 is 0.914 bits per heavy atom. The van der Waals surface area contributed by atoms with Gasteiger partial charge in [0, 0.05) is 24.6 Å². The van der Waals surface area contributed by atoms with Crippen LogP contribution in [0.25, 0.3) is 0 Å². The van der Waals surface area contributed by atoms with Crippen molar-refractivity contribution >= 4 is 29.3 Å². The average Bonchev–Trinajstić information content (AvgIpc) is 2.77. The van der Waals surface area contributed by atoms with E-state index in [-0.39, 0.29) is 29.7 Å². The van der Waals surface area contributed by atoms with E-state index in [0.717, 1.165) is 25.0 Å². The zero-order valence-corrected chi connectivity index (χ0v) is 22.0. The van der Waals surface area contributed by atoms with Crippen LogP contribution in [-0.4, -0.2) is 47.8 Å². The Balaban J connectivity index is 1.72. The van der Waals surface area contributed by atoms with Crippen LogP contribution < -0.4 is 15.2 Å². The number of carbonyl (C=O) groups excluding carboxylic acids is 2. The molecule has 2 aromatic carbocycles. The molecule has 190 valence electrons. The highest BCUT2D eigenvalue weighted by Gasteiger charge is 2.23. The van der Waals surface area contributed by atoms with Crippen LogP contribution >= 0.6 is 11.6 Å². The first-order valence-electron chi connectivity index (χ1n) is 11.9. The summed E-state index contributed by atoms with van der Waals surface area (Å²) in [6.45, 7) is 10.5. The van der Waals surface area contributed by atoms with Crippen LogP contribution in [0.4, 0.5) is 0 Å². The van der Waals surface area contributed by atoms with E-state index in [1.165, 1.54) is 6.92 Å². The normalized spacial score (nSPS) is 11.6. The molecule has 0 aliphatic rings. The van der Waals surface area contributed by atoms with E-state index in [0.29, 0.717) is 35.1 Å². The van der Waals surface area contributed by atoms with Crippen LogP contribution in [0.3, 0.4) is 0 Å². The Morgan fingerprint density at radius 3 is 1.97 bits per heavy atom. The van der Waals surface area contributed by atoms with Gasteiger partial charge >= 0.3 is 0 Å². The van der Waals surface area contributed by atoms with Crippen LogP contribution in [0.5, 0.6) is 11.5 Å². The summed E-state index contributed by atoms with van der Waals surface area (Å²) in [5.74, 6) is 1.17. The molecule has 2 amide bonds. The maximum absolute atomic E-state index is 12.9. The molecule has 2 N–H and O–H groups in total. The first kappa shape index (κ1) is 28.2. The number of hydrogen-bond acceptors (Lipinski definition) is 4. The maximum Gasteiger partial charge on any atom is 0.255 e. The zero-order chi connectivity index (χ0) is 26.0. The molecular formula is C27H36ClN3O4. The van der Waals surface area contributed by atoms with Crippen molar-refractivity contribution in [3.05, 3.63) is 58.6 Å². The zero-order valence-electron chi connectivity index (χ0n) is 21.2. The lowest BCUT2D eigenvalue weighted by atomic mass is 10.1. The average molecular weight is 502 g/mol. The summed E-state index contributed by atoms with van der Waals surface area (Å²) in [4.78, 5) is 29.4. The van der Waals surface area contributed by atoms with Gasteiger partial charge in [-0.1, -0.05) is 11.6 Å². The van der Waals surface area contributed by atoms with E-state index in [9.17, 15) is 9.59 Å². The topological polar surface area (TPSA) is 94.2 Å². The van der Waals surface area contributed by atoms with Gasteiger partial charge in [-0.05, 0) is 89.4 Å². The molecule has 0 fully saturated rings. The van der Waals surface area contributed by atoms with Gasteiger partial charge in [-0.2, -0.15) is 4.99 Å². The lowest BCUT2D eigenvalue weighted by Crippen LogP contribution is -2.42. The summed E-state index contributed by atoms with van der Waals surface area (Å²) in [6.07, 6.45) is 2.69. The number of amidine groups is 1. The molecule has 7 nitrogen and oxygen atoms in total. The third-order valence-corrected chi connectivity index (χ3v) is 5.58. The molecule has 0 unspecified atom stereocenters. The van der Waals surface area contributed by atoms with Gasteiger partial charge in [0.2, 0.25) is 5.91 Å². The Kier molecular flexibility index (Phi) is 11.1. The van der Waals surface area contributed by atoms with E-state index in [4.69, 9.17) is 26.8 Å². The summed E-state index contributed by atoms with van der Waals surface area (Å²) in [6, 6.07) is 12.6. The second kappa shape index (κ2) is 13.7. The molecule has 0 aromatic heterocycles. The third kappa shape index (κ3) is 8.91. The van der Waals surface area contributed by atoms with Crippen molar-refractivity contribution in [1.29, 1.82) is 0 Å². The van der Waals surface area contributed by atoms with Gasteiger partial charge in [-0.3, -0.25) is 9.59 Å². The summed E-state index contributed by atoms with van der Waals surface area (Å²) in [7, 11) is 0. The van der Waals surface area contributed by atoms with Gasteiger partial charge in [0.25, 0.3) is 5.91 Å². The Morgan fingerprint density at radius 2 is 1.46 bits per heavy atom. The van der Waals surface area contributed by atoms with Crippen LogP contribution in [-0.2, 0) is 4.79 Å². The Labute approximate surface area is 213 Å². The minimum Gasteiger partial charge on any atom is -0.494 e. The number of benzene rings is 2. The molecule has 0 radical (unpaired) electrons. The predicted octanol–water partition coefficient (Wildman–Crippen LogP) is 5.48. The number of carbonyl (C=O) groups is 2. The minimum atomic E-state index is -0.332. The number of hydrogen-bond donors (Lipinski definition) is 1. The summed E-state index contributed by atoms with van der Waals surface area (Å²) < 4.78 is 11.6. The molecule has 0 saturated heterocycles. The molecule has 0 aliphatic carbocycles. The fourth-order valence-electron chi connectivity index (χ4n) is 3.68. The number of halogens is 1. The van der Waals surface area contributed by atoms with Crippen molar-refractivity contribution < 1.29 is 19.1 Å². The van der Waals surface area contributed by atoms with Crippen LogP contribution in [0.1, 0.15) is 69.8 Å². The number of rotatable bonds is 12. The molecule has 35 heavy (non-hydrogen) atoms. The first-order chi connectivity index (χ1) is 16.6. The molecule has 2 rings (SSSR count). The van der Waals surface area contributed by atoms with Crippen LogP contribution in [0.15, 0.2) is 47.5 Å². The lowest BCUT2D eigenvalue weighted by molar-refractivity contribution is -0.115. The van der Waals surface area contributed by atoms with Crippen LogP contribution in [0, 0.1) is 0 Å². The summed E-state index contributed by atoms with van der Waals surface area (Å²) in [5.41, 5.74) is 6.94. The number of ether oxygens (including phenoxy) is 2. The molecule has 0 heterocycles. The van der Waals surface area contributed by atoms with E-state index >= 15 is 0 Å². The quantitative estimate of drug-likeness (QED) is 0.236. The SMILES string of the molecule is CC(=O)/N=C(\N)c1ccc(OCCCCCOc2ccc(C(=O)N(C(C)C)C(C)C)c(Cl)c2)cc1. The number of aliphatic imine (C=N–C) groups is 1. The second-order valence-corrected chi connectivity index (χ2v) is 9.25. The van der Waals surface area contributed by atoms with Crippen molar-refractivity contribution in [3.8, 4) is 11.5 Å². The smallest absolute Gasteiger partial charge is 0.255 e. The van der Waals surface area contributed by atoms with Crippen molar-refractivity contribution in [2.24, 2.45) is 10.7 Å². The molecular weight excluding hydrogens is 466 g/mol. The van der Waals surface area contributed by atoms with Crippen LogP contribution in [0.2, 0.25) is 5.02 Å². The van der Waals surface area contributed by atoms with Crippen molar-refractivity contribution in [2.75, 3.05) is 13.2 Å². The number of unbranched alkanes of at least 4 members (excludes halogenated alkanes) is 2. The van der Waals surface area contributed by atoms with Gasteiger partial charge in [-0.25, -0.2) is 0 Å². The molecule has 0 atom stereocenters. The first-order valence-corrected chi connectivity index (χ1v) is 12.3. The molecule has 0 bridgehead atoms. The molecule has 2 aromatic rings. The molecule has 0 saturated carbocycles. The van der Waals surface area contributed by atoms with Gasteiger partial charge in [0.15, 0.2) is 0 Å². The lowest BCUT2D eigenvalue weighted by Gasteiger charge is -2.31. The van der Waals surface area contributed by atoms with Gasteiger partial charge in [-0.15, -0.1) is 0 Å². The standard InChI is InChI=1S/C27H36ClN3O4/c1-18(2)31(19(3)4)27(33)24-14-13-23(17-25(24)28)35-16-8-6-7-15-34-22-11-9-21(10-12-22)26(29)30-20(5)32/h9-14,17-19H,6-8,15-16H2,1-5H3,(H2,29,30,32). The fourth-order valence-corrected chi connectivity index (χ4v) is 3.93. The third-order valence-electron chi connectivity index (χ3n) is 5.27. The highest BCUT2D eigenvalue weighted by molar-refractivity contribution is 6.34. The highest BCUT2D eigenvalue weighted by atomic mass is 35.5. The Bertz CT molecular complexity index is 1010. The predicted molar refractivity (Wildman–Crippen MR) is 141 cm³/mol. The maximum atomic E-state index is 12.9. The number of nitrogens with two attached hydrogens (primary N) is 1. The molecule has 0 spiro atoms. The monoisotopic (exact) mass is 501 g/mol. The second-order valence-electron chi connectivity index (χ2n) is 8.84. The highest BCUT2D eigenvalue weighted by Crippen LogP contribution is 2.25. The van der Waals surface area contributed by atoms with Gasteiger partial charge < -0.3 is 20.1 Å². The van der Waals surface area contributed by atoms with E-state index in [1.54, 1.807) is 42.5 Å². The van der Waals surface area contributed by atoms with Gasteiger partial charge in [0.05, 0.1) is 23.8 Å². The van der Waals surface area contributed by atoms with E-state index < -0.39 is 0 Å². The van der Waals surface area contributed by atoms with E-state index in [2.05, 4.69) is 4.99 Å². The molecule has 0 aliphatic heterocycles.